The number of carbonyl (C=O) groups excluding carboxylic acids is 1. The molecule has 1 amide bonds. The SMILES string of the molecule is Cc1ccc(NC(=O)c2c(C)nc(C)[nH]c2=O)c(Br)c1. The molecule has 2 rings (SSSR count). The van der Waals surface area contributed by atoms with Crippen LogP contribution in [0.3, 0.4) is 0 Å². The normalized spacial score (nSPS) is 10.4. The fraction of sp³-hybridized carbons (Fsp3) is 0.214. The van der Waals surface area contributed by atoms with Gasteiger partial charge in [-0.1, -0.05) is 6.07 Å². The number of nitrogens with zero attached hydrogens (tertiary/aromatic N) is 1. The zero-order valence-corrected chi connectivity index (χ0v) is 13.0. The predicted molar refractivity (Wildman–Crippen MR) is 81.2 cm³/mol. The van der Waals surface area contributed by atoms with Crippen LogP contribution in [0.25, 0.3) is 0 Å². The van der Waals surface area contributed by atoms with Crippen LogP contribution in [0.15, 0.2) is 27.5 Å². The Morgan fingerprint density at radius 1 is 1.30 bits per heavy atom. The van der Waals surface area contributed by atoms with Crippen molar-refractivity contribution >= 4 is 27.5 Å². The summed E-state index contributed by atoms with van der Waals surface area (Å²) in [4.78, 5) is 30.7. The molecule has 1 aromatic heterocycles. The van der Waals surface area contributed by atoms with E-state index in [-0.39, 0.29) is 5.56 Å². The zero-order valence-electron chi connectivity index (χ0n) is 11.4. The van der Waals surface area contributed by atoms with Crippen molar-refractivity contribution in [2.75, 3.05) is 5.32 Å². The van der Waals surface area contributed by atoms with E-state index < -0.39 is 11.5 Å². The average molecular weight is 336 g/mol. The third-order valence-electron chi connectivity index (χ3n) is 2.82. The largest absolute Gasteiger partial charge is 0.321 e. The van der Waals surface area contributed by atoms with Gasteiger partial charge in [-0.05, 0) is 54.4 Å². The van der Waals surface area contributed by atoms with Crippen molar-refractivity contribution in [3.63, 3.8) is 0 Å². The summed E-state index contributed by atoms with van der Waals surface area (Å²) >= 11 is 3.38. The molecule has 0 saturated heterocycles. The first-order valence-corrected chi connectivity index (χ1v) is 6.83. The van der Waals surface area contributed by atoms with Crippen LogP contribution in [0.5, 0.6) is 0 Å². The second-order valence-electron chi connectivity index (χ2n) is 4.55. The molecule has 0 bridgehead atoms. The van der Waals surface area contributed by atoms with Crippen LogP contribution in [-0.2, 0) is 0 Å². The van der Waals surface area contributed by atoms with E-state index in [4.69, 9.17) is 0 Å². The second-order valence-corrected chi connectivity index (χ2v) is 5.40. The number of aromatic amines is 1. The van der Waals surface area contributed by atoms with Crippen LogP contribution in [0.1, 0.15) is 27.4 Å². The minimum absolute atomic E-state index is 0.0306. The Bertz CT molecular complexity index is 738. The monoisotopic (exact) mass is 335 g/mol. The lowest BCUT2D eigenvalue weighted by Gasteiger charge is -2.09. The highest BCUT2D eigenvalue weighted by molar-refractivity contribution is 9.10. The third-order valence-corrected chi connectivity index (χ3v) is 3.47. The molecule has 20 heavy (non-hydrogen) atoms. The van der Waals surface area contributed by atoms with Crippen LogP contribution < -0.4 is 10.9 Å². The van der Waals surface area contributed by atoms with Gasteiger partial charge in [0.15, 0.2) is 0 Å². The summed E-state index contributed by atoms with van der Waals surface area (Å²) in [5.74, 6) is 0.0152. The first-order valence-electron chi connectivity index (χ1n) is 6.03. The van der Waals surface area contributed by atoms with Gasteiger partial charge in [0, 0.05) is 4.47 Å². The quantitative estimate of drug-likeness (QED) is 0.885. The lowest BCUT2D eigenvalue weighted by Crippen LogP contribution is -2.26. The first kappa shape index (κ1) is 14.5. The fourth-order valence-corrected chi connectivity index (χ4v) is 2.49. The molecular weight excluding hydrogens is 322 g/mol. The van der Waals surface area contributed by atoms with Crippen molar-refractivity contribution in [1.82, 2.24) is 9.97 Å². The first-order chi connectivity index (χ1) is 9.38. The van der Waals surface area contributed by atoms with E-state index in [1.54, 1.807) is 19.9 Å². The molecule has 0 atom stereocenters. The molecule has 5 nitrogen and oxygen atoms in total. The van der Waals surface area contributed by atoms with E-state index in [1.807, 2.05) is 19.1 Å². The van der Waals surface area contributed by atoms with Crippen molar-refractivity contribution in [1.29, 1.82) is 0 Å². The van der Waals surface area contributed by atoms with E-state index in [0.29, 0.717) is 17.2 Å². The Morgan fingerprint density at radius 2 is 2.00 bits per heavy atom. The predicted octanol–water partition coefficient (Wildman–Crippen LogP) is 2.71. The maximum absolute atomic E-state index is 12.2. The Labute approximate surface area is 124 Å². The van der Waals surface area contributed by atoms with Crippen molar-refractivity contribution in [2.24, 2.45) is 0 Å². The number of benzene rings is 1. The van der Waals surface area contributed by atoms with Gasteiger partial charge in [0.25, 0.3) is 11.5 Å². The summed E-state index contributed by atoms with van der Waals surface area (Å²) in [6.07, 6.45) is 0. The molecule has 1 heterocycles. The summed E-state index contributed by atoms with van der Waals surface area (Å²) in [5, 5.41) is 2.71. The summed E-state index contributed by atoms with van der Waals surface area (Å²) in [7, 11) is 0. The highest BCUT2D eigenvalue weighted by Crippen LogP contribution is 2.23. The van der Waals surface area contributed by atoms with E-state index >= 15 is 0 Å². The molecule has 0 fully saturated rings. The zero-order chi connectivity index (χ0) is 14.9. The van der Waals surface area contributed by atoms with E-state index in [9.17, 15) is 9.59 Å². The minimum atomic E-state index is -0.471. The van der Waals surface area contributed by atoms with Gasteiger partial charge in [-0.15, -0.1) is 0 Å². The Kier molecular flexibility index (Phi) is 4.04. The smallest absolute Gasteiger partial charge is 0.264 e. The summed E-state index contributed by atoms with van der Waals surface area (Å²) < 4.78 is 0.764. The molecule has 2 aromatic rings. The number of carbonyl (C=O) groups is 1. The summed E-state index contributed by atoms with van der Waals surface area (Å²) in [5.41, 5.74) is 1.69. The second kappa shape index (κ2) is 5.58. The standard InChI is InChI=1S/C14H14BrN3O2/c1-7-4-5-11(10(15)6-7)18-14(20)12-8(2)16-9(3)17-13(12)19/h4-6H,1-3H3,(H,18,20)(H,16,17,19). The van der Waals surface area contributed by atoms with Crippen LogP contribution in [0.4, 0.5) is 5.69 Å². The molecule has 1 aromatic carbocycles. The molecular formula is C14H14BrN3O2. The molecule has 0 unspecified atom stereocenters. The number of halogens is 1. The summed E-state index contributed by atoms with van der Waals surface area (Å²) in [6.45, 7) is 5.27. The van der Waals surface area contributed by atoms with Crippen molar-refractivity contribution in [3.8, 4) is 0 Å². The van der Waals surface area contributed by atoms with E-state index in [0.717, 1.165) is 10.0 Å². The number of nitrogens with one attached hydrogen (secondary N) is 2. The average Bonchev–Trinajstić information content (AvgIpc) is 2.31. The lowest BCUT2D eigenvalue weighted by molar-refractivity contribution is 0.102. The van der Waals surface area contributed by atoms with Crippen LogP contribution in [0.2, 0.25) is 0 Å². The van der Waals surface area contributed by atoms with Gasteiger partial charge in [0.05, 0.1) is 11.4 Å². The Morgan fingerprint density at radius 3 is 2.60 bits per heavy atom. The number of anilines is 1. The minimum Gasteiger partial charge on any atom is -0.321 e. The van der Waals surface area contributed by atoms with Gasteiger partial charge >= 0.3 is 0 Å². The molecule has 0 saturated carbocycles. The lowest BCUT2D eigenvalue weighted by atomic mass is 10.2. The van der Waals surface area contributed by atoms with E-state index in [2.05, 4.69) is 31.2 Å². The van der Waals surface area contributed by atoms with E-state index in [1.165, 1.54) is 0 Å². The fourth-order valence-electron chi connectivity index (χ4n) is 1.90. The number of H-pyrrole nitrogens is 1. The summed E-state index contributed by atoms with van der Waals surface area (Å²) in [6, 6.07) is 5.55. The van der Waals surface area contributed by atoms with Crippen molar-refractivity contribution in [3.05, 3.63) is 55.7 Å². The molecule has 0 spiro atoms. The maximum Gasteiger partial charge on any atom is 0.264 e. The third kappa shape index (κ3) is 2.96. The van der Waals surface area contributed by atoms with Crippen molar-refractivity contribution < 1.29 is 4.79 Å². The van der Waals surface area contributed by atoms with Gasteiger partial charge in [-0.2, -0.15) is 0 Å². The molecule has 0 radical (unpaired) electrons. The van der Waals surface area contributed by atoms with Gasteiger partial charge in [-0.3, -0.25) is 9.59 Å². The van der Waals surface area contributed by atoms with Gasteiger partial charge < -0.3 is 10.3 Å². The van der Waals surface area contributed by atoms with Crippen LogP contribution >= 0.6 is 15.9 Å². The number of aryl methyl sites for hydroxylation is 3. The molecule has 2 N–H and O–H groups in total. The molecule has 0 aliphatic heterocycles. The van der Waals surface area contributed by atoms with Gasteiger partial charge in [0.1, 0.15) is 11.4 Å². The van der Waals surface area contributed by atoms with Gasteiger partial charge in [-0.25, -0.2) is 4.98 Å². The number of amides is 1. The number of hydrogen-bond acceptors (Lipinski definition) is 3. The number of rotatable bonds is 2. The highest BCUT2D eigenvalue weighted by Gasteiger charge is 2.16. The molecule has 104 valence electrons. The van der Waals surface area contributed by atoms with Crippen LogP contribution in [-0.4, -0.2) is 15.9 Å². The Balaban J connectivity index is 2.36. The highest BCUT2D eigenvalue weighted by atomic mass is 79.9. The number of aromatic nitrogens is 2. The maximum atomic E-state index is 12.2. The van der Waals surface area contributed by atoms with Crippen molar-refractivity contribution in [2.45, 2.75) is 20.8 Å². The molecule has 6 heteroatoms. The van der Waals surface area contributed by atoms with Crippen LogP contribution in [0, 0.1) is 20.8 Å². The molecule has 0 aliphatic rings. The van der Waals surface area contributed by atoms with Gasteiger partial charge in [0.2, 0.25) is 0 Å². The molecule has 0 aliphatic carbocycles. The Hall–Kier alpha value is -1.95. The number of hydrogen-bond donors (Lipinski definition) is 2. The topological polar surface area (TPSA) is 74.8 Å².